The minimum Gasteiger partial charge on any atom is -0.481 e. The van der Waals surface area contributed by atoms with Crippen molar-refractivity contribution in [1.29, 1.82) is 0 Å². The average molecular weight is 373 g/mol. The van der Waals surface area contributed by atoms with Crippen LogP contribution < -0.4 is 5.32 Å². The summed E-state index contributed by atoms with van der Waals surface area (Å²) in [6, 6.07) is 8.02. The molecule has 7 nitrogen and oxygen atoms in total. The Morgan fingerprint density at radius 1 is 1.19 bits per heavy atom. The Labute approximate surface area is 159 Å². The number of aryl methyl sites for hydroxylation is 1. The van der Waals surface area contributed by atoms with Crippen molar-refractivity contribution in [3.63, 3.8) is 0 Å². The molecule has 1 aromatic rings. The fraction of sp³-hybridized carbons (Fsp3) is 0.550. The zero-order chi connectivity index (χ0) is 19.6. The van der Waals surface area contributed by atoms with Gasteiger partial charge in [-0.05, 0) is 12.5 Å². The van der Waals surface area contributed by atoms with E-state index in [1.165, 1.54) is 12.5 Å². The molecule has 2 amide bonds. The molecule has 0 aromatic heterocycles. The van der Waals surface area contributed by atoms with E-state index in [0.29, 0.717) is 39.1 Å². The van der Waals surface area contributed by atoms with E-state index in [4.69, 9.17) is 0 Å². The molecule has 0 spiro atoms. The number of benzene rings is 1. The Hall–Kier alpha value is -2.41. The molecule has 0 unspecified atom stereocenters. The summed E-state index contributed by atoms with van der Waals surface area (Å²) in [6.07, 6.45) is 0.338. The zero-order valence-corrected chi connectivity index (χ0v) is 15.9. The molecule has 0 bridgehead atoms. The predicted molar refractivity (Wildman–Crippen MR) is 99.9 cm³/mol. The summed E-state index contributed by atoms with van der Waals surface area (Å²) in [6.45, 7) is 6.28. The van der Waals surface area contributed by atoms with Crippen LogP contribution in [0.3, 0.4) is 0 Å². The quantitative estimate of drug-likeness (QED) is 0.772. The molecule has 146 valence electrons. The highest BCUT2D eigenvalue weighted by Gasteiger charge is 2.57. The van der Waals surface area contributed by atoms with E-state index in [1.54, 1.807) is 4.90 Å². The summed E-state index contributed by atoms with van der Waals surface area (Å²) in [4.78, 5) is 39.3. The minimum atomic E-state index is -0.899. The molecule has 27 heavy (non-hydrogen) atoms. The van der Waals surface area contributed by atoms with E-state index in [0.717, 1.165) is 5.56 Å². The highest BCUT2D eigenvalue weighted by Crippen LogP contribution is 2.42. The number of hydrogen-bond acceptors (Lipinski definition) is 4. The number of rotatable bonds is 6. The first kappa shape index (κ1) is 19.4. The number of likely N-dealkylation sites (tertiary alicyclic amines) is 2. The summed E-state index contributed by atoms with van der Waals surface area (Å²) in [5.41, 5.74) is 1.34. The van der Waals surface area contributed by atoms with Gasteiger partial charge in [0.2, 0.25) is 11.8 Å². The van der Waals surface area contributed by atoms with Gasteiger partial charge in [-0.15, -0.1) is 0 Å². The van der Waals surface area contributed by atoms with Crippen LogP contribution in [-0.4, -0.2) is 65.4 Å². The number of carbonyl (C=O) groups is 3. The van der Waals surface area contributed by atoms with Crippen LogP contribution in [0.1, 0.15) is 24.5 Å². The third kappa shape index (κ3) is 4.13. The average Bonchev–Trinajstić information content (AvgIpc) is 3.15. The monoisotopic (exact) mass is 373 g/mol. The first-order chi connectivity index (χ1) is 12.8. The maximum atomic E-state index is 12.1. The summed E-state index contributed by atoms with van der Waals surface area (Å²) < 4.78 is 0. The van der Waals surface area contributed by atoms with Crippen LogP contribution in [0.4, 0.5) is 0 Å². The minimum absolute atomic E-state index is 0.0395. The second-order valence-electron chi connectivity index (χ2n) is 7.81. The molecule has 2 aliphatic heterocycles. The van der Waals surface area contributed by atoms with Gasteiger partial charge in [0.1, 0.15) is 5.41 Å². The Kier molecular flexibility index (Phi) is 5.51. The van der Waals surface area contributed by atoms with E-state index in [-0.39, 0.29) is 24.3 Å². The van der Waals surface area contributed by atoms with Gasteiger partial charge in [0.05, 0.1) is 0 Å². The van der Waals surface area contributed by atoms with Crippen molar-refractivity contribution < 1.29 is 19.5 Å². The number of aliphatic carboxylic acids is 1. The first-order valence-electron chi connectivity index (χ1n) is 9.34. The van der Waals surface area contributed by atoms with Crippen LogP contribution in [0.5, 0.6) is 0 Å². The van der Waals surface area contributed by atoms with Crippen LogP contribution in [0, 0.1) is 18.3 Å². The fourth-order valence-electron chi connectivity index (χ4n) is 4.14. The van der Waals surface area contributed by atoms with Crippen molar-refractivity contribution in [1.82, 2.24) is 15.1 Å². The first-order valence-corrected chi connectivity index (χ1v) is 9.34. The standard InChI is InChI=1S/C20H27N3O4/c1-14-3-5-16(6-4-14)9-21-18(25)7-8-22-10-17-11-23(15(2)24)13-20(17,12-22)19(26)27/h3-6,17H,7-13H2,1-2H3,(H,21,25)(H,26,27)/t17-,20-/m1/s1. The van der Waals surface area contributed by atoms with Crippen molar-refractivity contribution >= 4 is 17.8 Å². The molecular formula is C20H27N3O4. The third-order valence-electron chi connectivity index (χ3n) is 5.82. The van der Waals surface area contributed by atoms with Crippen LogP contribution >= 0.6 is 0 Å². The van der Waals surface area contributed by atoms with E-state index in [1.807, 2.05) is 36.1 Å². The van der Waals surface area contributed by atoms with Gasteiger partial charge in [0, 0.05) is 58.5 Å². The molecule has 2 aliphatic rings. The van der Waals surface area contributed by atoms with Crippen LogP contribution in [-0.2, 0) is 20.9 Å². The predicted octanol–water partition coefficient (Wildman–Crippen LogP) is 0.866. The van der Waals surface area contributed by atoms with Crippen molar-refractivity contribution in [2.24, 2.45) is 11.3 Å². The Morgan fingerprint density at radius 3 is 2.48 bits per heavy atom. The number of amides is 2. The molecule has 7 heteroatoms. The smallest absolute Gasteiger partial charge is 0.313 e. The molecular weight excluding hydrogens is 346 g/mol. The maximum Gasteiger partial charge on any atom is 0.313 e. The molecule has 2 saturated heterocycles. The summed E-state index contributed by atoms with van der Waals surface area (Å²) in [5, 5.41) is 12.7. The molecule has 0 saturated carbocycles. The SMILES string of the molecule is CC(=O)N1C[C@H]2CN(CCC(=O)NCc3ccc(C)cc3)C[C@@]2(C(=O)O)C1. The van der Waals surface area contributed by atoms with Crippen molar-refractivity contribution in [3.05, 3.63) is 35.4 Å². The lowest BCUT2D eigenvalue weighted by atomic mass is 9.81. The van der Waals surface area contributed by atoms with E-state index >= 15 is 0 Å². The van der Waals surface area contributed by atoms with E-state index < -0.39 is 11.4 Å². The third-order valence-corrected chi connectivity index (χ3v) is 5.82. The van der Waals surface area contributed by atoms with E-state index in [2.05, 4.69) is 5.32 Å². The van der Waals surface area contributed by atoms with E-state index in [9.17, 15) is 19.5 Å². The number of carboxylic acids is 1. The van der Waals surface area contributed by atoms with Gasteiger partial charge in [0.25, 0.3) is 0 Å². The molecule has 0 radical (unpaired) electrons. The molecule has 3 rings (SSSR count). The van der Waals surface area contributed by atoms with Crippen molar-refractivity contribution in [2.45, 2.75) is 26.8 Å². The van der Waals surface area contributed by atoms with Gasteiger partial charge in [-0.1, -0.05) is 29.8 Å². The number of nitrogens with zero attached hydrogens (tertiary/aromatic N) is 2. The fourth-order valence-corrected chi connectivity index (χ4v) is 4.14. The Balaban J connectivity index is 1.48. The summed E-state index contributed by atoms with van der Waals surface area (Å²) in [5.74, 6) is -1.04. The van der Waals surface area contributed by atoms with Gasteiger partial charge in [-0.3, -0.25) is 14.4 Å². The number of fused-ring (bicyclic) bond motifs is 1. The normalized spacial score (nSPS) is 24.7. The highest BCUT2D eigenvalue weighted by atomic mass is 16.4. The molecule has 1 aromatic carbocycles. The zero-order valence-electron chi connectivity index (χ0n) is 15.9. The molecule has 2 heterocycles. The lowest BCUT2D eigenvalue weighted by Crippen LogP contribution is -2.42. The molecule has 2 N–H and O–H groups in total. The van der Waals surface area contributed by atoms with Gasteiger partial charge in [-0.25, -0.2) is 0 Å². The van der Waals surface area contributed by atoms with Crippen molar-refractivity contribution in [3.8, 4) is 0 Å². The van der Waals surface area contributed by atoms with Gasteiger partial charge in [0.15, 0.2) is 0 Å². The number of carboxylic acid groups (broad SMARTS) is 1. The topological polar surface area (TPSA) is 90.0 Å². The lowest BCUT2D eigenvalue weighted by Gasteiger charge is -2.24. The molecule has 2 fully saturated rings. The molecule has 0 aliphatic carbocycles. The second-order valence-corrected chi connectivity index (χ2v) is 7.81. The van der Waals surface area contributed by atoms with Crippen molar-refractivity contribution in [2.75, 3.05) is 32.7 Å². The van der Waals surface area contributed by atoms with Crippen LogP contribution in [0.2, 0.25) is 0 Å². The summed E-state index contributed by atoms with van der Waals surface area (Å²) in [7, 11) is 0. The largest absolute Gasteiger partial charge is 0.481 e. The Morgan fingerprint density at radius 2 is 1.89 bits per heavy atom. The number of nitrogens with one attached hydrogen (secondary N) is 1. The van der Waals surface area contributed by atoms with Gasteiger partial charge in [-0.2, -0.15) is 0 Å². The number of carbonyl (C=O) groups excluding carboxylic acids is 2. The molecule has 2 atom stereocenters. The Bertz CT molecular complexity index is 733. The summed E-state index contributed by atoms with van der Waals surface area (Å²) >= 11 is 0. The van der Waals surface area contributed by atoms with Crippen LogP contribution in [0.25, 0.3) is 0 Å². The lowest BCUT2D eigenvalue weighted by molar-refractivity contribution is -0.149. The highest BCUT2D eigenvalue weighted by molar-refractivity contribution is 5.80. The van der Waals surface area contributed by atoms with Gasteiger partial charge >= 0.3 is 5.97 Å². The van der Waals surface area contributed by atoms with Crippen LogP contribution in [0.15, 0.2) is 24.3 Å². The van der Waals surface area contributed by atoms with Gasteiger partial charge < -0.3 is 20.2 Å². The second kappa shape index (κ2) is 7.68. The number of hydrogen-bond donors (Lipinski definition) is 2. The maximum absolute atomic E-state index is 12.1.